The minimum absolute atomic E-state index is 0.0508. The number of ether oxygens (including phenoxy) is 2. The molecule has 1 atom stereocenters. The summed E-state index contributed by atoms with van der Waals surface area (Å²) in [7, 11) is -3.13. The number of nitrogens with one attached hydrogen (secondary N) is 2. The smallest absolute Gasteiger partial charge is 0.319 e. The maximum absolute atomic E-state index is 12.1. The lowest BCUT2D eigenvalue weighted by molar-refractivity contribution is 0.0978. The number of sulfone groups is 1. The lowest BCUT2D eigenvalue weighted by Gasteiger charge is -2.37. The van der Waals surface area contributed by atoms with Gasteiger partial charge in [0.05, 0.1) is 30.6 Å². The summed E-state index contributed by atoms with van der Waals surface area (Å²) in [6, 6.07) is 7.01. The van der Waals surface area contributed by atoms with Crippen LogP contribution < -0.4 is 20.3 Å². The molecule has 1 unspecified atom stereocenters. The van der Waals surface area contributed by atoms with Crippen molar-refractivity contribution >= 4 is 27.4 Å². The average Bonchev–Trinajstić information content (AvgIpc) is 3.56. The lowest BCUT2D eigenvalue weighted by atomic mass is 10.0. The molecule has 2 amide bonds. The number of hydrogen-bond donors (Lipinski definition) is 2. The second kappa shape index (κ2) is 9.27. The topological polar surface area (TPSA) is 123 Å². The molecule has 5 rings (SSSR count). The Bertz CT molecular complexity index is 1210. The van der Waals surface area contributed by atoms with E-state index in [0.29, 0.717) is 30.6 Å². The van der Waals surface area contributed by atoms with Crippen LogP contribution in [0.15, 0.2) is 24.3 Å². The summed E-state index contributed by atoms with van der Waals surface area (Å²) >= 11 is 0. The molecule has 0 radical (unpaired) electrons. The van der Waals surface area contributed by atoms with Gasteiger partial charge in [0.25, 0.3) is 0 Å². The van der Waals surface area contributed by atoms with E-state index >= 15 is 0 Å². The van der Waals surface area contributed by atoms with Crippen molar-refractivity contribution < 1.29 is 22.7 Å². The van der Waals surface area contributed by atoms with Gasteiger partial charge in [-0.25, -0.2) is 18.2 Å². The number of anilines is 2. The zero-order valence-corrected chi connectivity index (χ0v) is 20.9. The third kappa shape index (κ3) is 5.51. The predicted octanol–water partition coefficient (Wildman–Crippen LogP) is 2.39. The molecule has 11 heteroatoms. The van der Waals surface area contributed by atoms with Crippen LogP contribution in [0.2, 0.25) is 0 Å². The van der Waals surface area contributed by atoms with E-state index in [1.807, 2.05) is 12.1 Å². The highest BCUT2D eigenvalue weighted by molar-refractivity contribution is 7.90. The maximum Gasteiger partial charge on any atom is 0.319 e. The van der Waals surface area contributed by atoms with Gasteiger partial charge in [0.15, 0.2) is 5.82 Å². The van der Waals surface area contributed by atoms with E-state index < -0.39 is 15.9 Å². The number of nitrogens with zero attached hydrogens (tertiary/aromatic N) is 3. The van der Waals surface area contributed by atoms with Crippen LogP contribution >= 0.6 is 0 Å². The first-order chi connectivity index (χ1) is 16.7. The Morgan fingerprint density at radius 2 is 1.97 bits per heavy atom. The number of hydrogen-bond acceptors (Lipinski definition) is 8. The Morgan fingerprint density at radius 1 is 1.20 bits per heavy atom. The van der Waals surface area contributed by atoms with E-state index in [9.17, 15) is 13.2 Å². The lowest BCUT2D eigenvalue weighted by Crippen LogP contribution is -2.45. The summed E-state index contributed by atoms with van der Waals surface area (Å²) in [5, 5.41) is 5.26. The number of morpholine rings is 1. The molecule has 1 aromatic heterocycles. The molecule has 2 aromatic rings. The van der Waals surface area contributed by atoms with Crippen molar-refractivity contribution in [2.24, 2.45) is 0 Å². The third-order valence-corrected chi connectivity index (χ3v) is 7.64. The van der Waals surface area contributed by atoms with Crippen LogP contribution in [0.4, 0.5) is 16.3 Å². The zero-order chi connectivity index (χ0) is 24.6. The summed E-state index contributed by atoms with van der Waals surface area (Å²) in [6.07, 6.45) is 5.19. The zero-order valence-electron chi connectivity index (χ0n) is 20.0. The SMILES string of the molecule is CC1COCCN1c1nc(-c2ccc(NC(=O)NCCS(C)(=O)=O)cc2)nc2c1CCC1(CC1)O2. The molecule has 1 aliphatic carbocycles. The average molecular weight is 502 g/mol. The van der Waals surface area contributed by atoms with Gasteiger partial charge in [-0.3, -0.25) is 0 Å². The number of carbonyl (C=O) groups is 1. The Labute approximate surface area is 205 Å². The highest BCUT2D eigenvalue weighted by Crippen LogP contribution is 2.49. The van der Waals surface area contributed by atoms with E-state index in [4.69, 9.17) is 19.4 Å². The molecule has 1 saturated heterocycles. The molecule has 3 heterocycles. The first kappa shape index (κ1) is 23.8. The highest BCUT2D eigenvalue weighted by Gasteiger charge is 2.49. The first-order valence-corrected chi connectivity index (χ1v) is 14.0. The quantitative estimate of drug-likeness (QED) is 0.619. The van der Waals surface area contributed by atoms with Crippen molar-refractivity contribution in [1.82, 2.24) is 15.3 Å². The van der Waals surface area contributed by atoms with Crippen LogP contribution in [-0.2, 0) is 21.0 Å². The van der Waals surface area contributed by atoms with Gasteiger partial charge in [-0.15, -0.1) is 0 Å². The molecule has 188 valence electrons. The fourth-order valence-corrected chi connectivity index (χ4v) is 4.96. The molecular formula is C24H31N5O5S. The Kier molecular flexibility index (Phi) is 6.30. The summed E-state index contributed by atoms with van der Waals surface area (Å²) in [4.78, 5) is 24.1. The predicted molar refractivity (Wildman–Crippen MR) is 133 cm³/mol. The third-order valence-electron chi connectivity index (χ3n) is 6.70. The molecular weight excluding hydrogens is 470 g/mol. The van der Waals surface area contributed by atoms with Crippen LogP contribution in [0.1, 0.15) is 31.7 Å². The van der Waals surface area contributed by atoms with Crippen LogP contribution in [0.3, 0.4) is 0 Å². The second-order valence-corrected chi connectivity index (χ2v) is 11.9. The summed E-state index contributed by atoms with van der Waals surface area (Å²) < 4.78 is 34.4. The fraction of sp³-hybridized carbons (Fsp3) is 0.542. The molecule has 35 heavy (non-hydrogen) atoms. The standard InChI is InChI=1S/C24H31N5O5S/c1-16-15-33-13-12-29(16)21-19-7-8-24(9-10-24)34-22(19)28-20(27-21)17-3-5-18(6-4-17)26-23(30)25-11-14-35(2,31)32/h3-6,16H,7-15H2,1-2H3,(H2,25,26,30). The van der Waals surface area contributed by atoms with Crippen molar-refractivity contribution in [2.45, 2.75) is 44.2 Å². The second-order valence-electron chi connectivity index (χ2n) is 9.65. The normalized spacial score (nSPS) is 20.6. The molecule has 2 aliphatic heterocycles. The number of fused-ring (bicyclic) bond motifs is 1. The van der Waals surface area contributed by atoms with E-state index in [0.717, 1.165) is 55.4 Å². The summed E-state index contributed by atoms with van der Waals surface area (Å²) in [6.45, 7) is 4.28. The molecule has 3 aliphatic rings. The number of benzene rings is 1. The van der Waals surface area contributed by atoms with Gasteiger partial charge in [0.1, 0.15) is 21.3 Å². The Morgan fingerprint density at radius 3 is 2.66 bits per heavy atom. The van der Waals surface area contributed by atoms with E-state index in [2.05, 4.69) is 22.5 Å². The Hall–Kier alpha value is -2.92. The first-order valence-electron chi connectivity index (χ1n) is 12.0. The highest BCUT2D eigenvalue weighted by atomic mass is 32.2. The van der Waals surface area contributed by atoms with Gasteiger partial charge in [0, 0.05) is 30.6 Å². The van der Waals surface area contributed by atoms with Crippen molar-refractivity contribution in [1.29, 1.82) is 0 Å². The van der Waals surface area contributed by atoms with Gasteiger partial charge >= 0.3 is 6.03 Å². The summed E-state index contributed by atoms with van der Waals surface area (Å²) in [5.41, 5.74) is 2.42. The maximum atomic E-state index is 12.1. The van der Waals surface area contributed by atoms with Crippen molar-refractivity contribution in [3.8, 4) is 17.3 Å². The van der Waals surface area contributed by atoms with Crippen molar-refractivity contribution in [3.05, 3.63) is 29.8 Å². The Balaban J connectivity index is 1.36. The van der Waals surface area contributed by atoms with Crippen LogP contribution in [0.25, 0.3) is 11.4 Å². The number of amides is 2. The number of aromatic nitrogens is 2. The number of rotatable bonds is 6. The molecule has 2 N–H and O–H groups in total. The number of urea groups is 1. The minimum atomic E-state index is -3.13. The molecule has 0 bridgehead atoms. The van der Waals surface area contributed by atoms with Crippen LogP contribution in [-0.4, -0.2) is 74.4 Å². The van der Waals surface area contributed by atoms with Gasteiger partial charge in [-0.1, -0.05) is 0 Å². The summed E-state index contributed by atoms with van der Waals surface area (Å²) in [5.74, 6) is 2.07. The van der Waals surface area contributed by atoms with Crippen LogP contribution in [0, 0.1) is 0 Å². The van der Waals surface area contributed by atoms with E-state index in [-0.39, 0.29) is 23.9 Å². The molecule has 2 fully saturated rings. The monoisotopic (exact) mass is 501 g/mol. The van der Waals surface area contributed by atoms with Crippen molar-refractivity contribution in [3.63, 3.8) is 0 Å². The van der Waals surface area contributed by atoms with Gasteiger partial charge in [0.2, 0.25) is 5.88 Å². The van der Waals surface area contributed by atoms with Gasteiger partial charge < -0.3 is 25.0 Å². The molecule has 1 saturated carbocycles. The fourth-order valence-electron chi connectivity index (χ4n) is 4.49. The largest absolute Gasteiger partial charge is 0.471 e. The van der Waals surface area contributed by atoms with E-state index in [1.165, 1.54) is 0 Å². The van der Waals surface area contributed by atoms with E-state index in [1.54, 1.807) is 12.1 Å². The van der Waals surface area contributed by atoms with Crippen molar-refractivity contribution in [2.75, 3.05) is 48.5 Å². The van der Waals surface area contributed by atoms with Gasteiger partial charge in [-0.2, -0.15) is 4.98 Å². The molecule has 1 spiro atoms. The minimum Gasteiger partial charge on any atom is -0.471 e. The van der Waals surface area contributed by atoms with Gasteiger partial charge in [-0.05, 0) is 56.9 Å². The molecule has 1 aromatic carbocycles. The number of carbonyl (C=O) groups excluding carboxylic acids is 1. The molecule has 10 nitrogen and oxygen atoms in total. The van der Waals surface area contributed by atoms with Crippen LogP contribution in [0.5, 0.6) is 5.88 Å².